The highest BCUT2D eigenvalue weighted by molar-refractivity contribution is 6.04. The Hall–Kier alpha value is -6.20. The number of hydrogen-bond acceptors (Lipinski definition) is 8. The summed E-state index contributed by atoms with van der Waals surface area (Å²) >= 11 is 0. The second-order valence-corrected chi connectivity index (χ2v) is 15.8. The molecular weight excluding hydrogens is 787 g/mol. The Morgan fingerprint density at radius 1 is 0.900 bits per heavy atom. The lowest BCUT2D eigenvalue weighted by atomic mass is 9.96. The van der Waals surface area contributed by atoms with Gasteiger partial charge in [-0.25, -0.2) is 23.9 Å². The molecule has 2 aliphatic rings. The molecular formula is C42H49F4N9O5. The number of halogens is 4. The molecule has 2 saturated heterocycles. The largest absolute Gasteiger partial charge is 0.453 e. The predicted octanol–water partition coefficient (Wildman–Crippen LogP) is 7.08. The molecule has 4 heterocycles. The molecule has 0 aliphatic carbocycles. The Morgan fingerprint density at radius 2 is 1.60 bits per heavy atom. The monoisotopic (exact) mass is 835 g/mol. The van der Waals surface area contributed by atoms with Crippen LogP contribution in [-0.2, 0) is 15.7 Å². The number of piperazine rings is 1. The predicted molar refractivity (Wildman–Crippen MR) is 216 cm³/mol. The van der Waals surface area contributed by atoms with E-state index in [4.69, 9.17) is 4.74 Å². The Balaban J connectivity index is 1.17. The van der Waals surface area contributed by atoms with E-state index in [0.717, 1.165) is 6.07 Å². The summed E-state index contributed by atoms with van der Waals surface area (Å²) in [6.45, 7) is 10.9. The van der Waals surface area contributed by atoms with Gasteiger partial charge in [0.15, 0.2) is 0 Å². The number of urea groups is 1. The molecule has 0 bridgehead atoms. The molecule has 2 aromatic carbocycles. The Kier molecular flexibility index (Phi) is 12.7. The highest BCUT2D eigenvalue weighted by Crippen LogP contribution is 2.41. The van der Waals surface area contributed by atoms with E-state index < -0.39 is 52.9 Å². The van der Waals surface area contributed by atoms with Gasteiger partial charge < -0.3 is 40.4 Å². The van der Waals surface area contributed by atoms with Crippen molar-refractivity contribution in [2.24, 2.45) is 11.8 Å². The number of likely N-dealkylation sites (tertiary alicyclic amines) is 1. The summed E-state index contributed by atoms with van der Waals surface area (Å²) in [7, 11) is 2.79. The number of aromatic nitrogens is 3. The molecule has 4 aromatic rings. The highest BCUT2D eigenvalue weighted by atomic mass is 19.4. The second-order valence-electron chi connectivity index (χ2n) is 15.8. The molecule has 4 N–H and O–H groups in total. The summed E-state index contributed by atoms with van der Waals surface area (Å²) in [6, 6.07) is 8.78. The molecule has 5 atom stereocenters. The summed E-state index contributed by atoms with van der Waals surface area (Å²) in [5.41, 5.74) is -0.992. The number of rotatable bonds is 9. The molecule has 2 aromatic heterocycles. The number of nitrogens with zero attached hydrogens (tertiary/aromatic N) is 5. The average molecular weight is 836 g/mol. The van der Waals surface area contributed by atoms with Crippen molar-refractivity contribution in [1.82, 2.24) is 35.4 Å². The molecule has 60 heavy (non-hydrogen) atoms. The van der Waals surface area contributed by atoms with Crippen LogP contribution in [0.15, 0.2) is 60.9 Å². The number of hydrogen-bond donors (Lipinski definition) is 4. The van der Waals surface area contributed by atoms with Gasteiger partial charge in [-0.3, -0.25) is 9.59 Å². The number of aromatic amines is 1. The number of ether oxygens (including phenoxy) is 1. The number of carbonyl (C=O) groups excluding carboxylic acids is 4. The van der Waals surface area contributed by atoms with Crippen LogP contribution in [0.5, 0.6) is 0 Å². The van der Waals surface area contributed by atoms with Crippen molar-refractivity contribution in [3.63, 3.8) is 0 Å². The van der Waals surface area contributed by atoms with Gasteiger partial charge in [-0.2, -0.15) is 13.2 Å². The SMILES string of the molecule is CNC(=O)N1CC(C)N(c2ccc(C(=O)Nc3cc(C(F)(F)F)c(-c4ccc(-c5cnc(C6CC(C)CN6C(=O)C(NC(=O)OC)C(C)C)[nH]5)cc4)cc3F)cn2)CC1C. The van der Waals surface area contributed by atoms with E-state index in [9.17, 15) is 32.3 Å². The van der Waals surface area contributed by atoms with E-state index >= 15 is 4.39 Å². The fraction of sp³-hybridized carbons (Fsp3) is 0.429. The molecule has 5 amide bonds. The minimum absolute atomic E-state index is 0.00936. The fourth-order valence-electron chi connectivity index (χ4n) is 7.81. The van der Waals surface area contributed by atoms with Crippen LogP contribution in [0.2, 0.25) is 0 Å². The number of methoxy groups -OCH3 is 1. The number of amides is 5. The quantitative estimate of drug-likeness (QED) is 0.130. The Morgan fingerprint density at radius 3 is 2.22 bits per heavy atom. The van der Waals surface area contributed by atoms with Crippen LogP contribution in [0, 0.1) is 17.7 Å². The maximum atomic E-state index is 15.6. The number of pyridine rings is 1. The lowest BCUT2D eigenvalue weighted by molar-refractivity contribution is -0.137. The molecule has 2 fully saturated rings. The molecule has 2 aliphatic heterocycles. The van der Waals surface area contributed by atoms with Gasteiger partial charge in [-0.15, -0.1) is 0 Å². The molecule has 5 unspecified atom stereocenters. The molecule has 320 valence electrons. The maximum Gasteiger partial charge on any atom is 0.417 e. The molecule has 0 saturated carbocycles. The molecule has 14 nitrogen and oxygen atoms in total. The van der Waals surface area contributed by atoms with Gasteiger partial charge in [-0.05, 0) is 73.1 Å². The zero-order valence-electron chi connectivity index (χ0n) is 34.4. The normalized spacial score (nSPS) is 19.9. The lowest BCUT2D eigenvalue weighted by Gasteiger charge is -2.44. The van der Waals surface area contributed by atoms with Crippen LogP contribution in [0.3, 0.4) is 0 Å². The first-order valence-electron chi connectivity index (χ1n) is 19.6. The van der Waals surface area contributed by atoms with Crippen LogP contribution in [0.1, 0.15) is 68.8 Å². The van der Waals surface area contributed by atoms with E-state index in [1.165, 1.54) is 31.5 Å². The number of carbonyl (C=O) groups is 4. The smallest absolute Gasteiger partial charge is 0.417 e. The highest BCUT2D eigenvalue weighted by Gasteiger charge is 2.40. The van der Waals surface area contributed by atoms with Crippen molar-refractivity contribution in [1.29, 1.82) is 0 Å². The van der Waals surface area contributed by atoms with Crippen LogP contribution in [-0.4, -0.2) is 101 Å². The van der Waals surface area contributed by atoms with Gasteiger partial charge in [0.25, 0.3) is 5.91 Å². The number of alkyl halides is 3. The van der Waals surface area contributed by atoms with Crippen molar-refractivity contribution in [2.75, 3.05) is 44.0 Å². The second kappa shape index (κ2) is 17.6. The maximum absolute atomic E-state index is 15.6. The Bertz CT molecular complexity index is 2210. The van der Waals surface area contributed by atoms with Gasteiger partial charge in [0, 0.05) is 45.0 Å². The number of nitrogens with one attached hydrogen (secondary N) is 4. The van der Waals surface area contributed by atoms with E-state index in [-0.39, 0.29) is 47.0 Å². The number of anilines is 2. The van der Waals surface area contributed by atoms with E-state index in [0.29, 0.717) is 55.0 Å². The van der Waals surface area contributed by atoms with Crippen molar-refractivity contribution in [3.05, 3.63) is 83.7 Å². The van der Waals surface area contributed by atoms with Gasteiger partial charge >= 0.3 is 18.3 Å². The summed E-state index contributed by atoms with van der Waals surface area (Å²) < 4.78 is 63.8. The first-order valence-corrected chi connectivity index (χ1v) is 19.6. The number of imidazole rings is 1. The minimum atomic E-state index is -4.90. The number of alkyl carbamates (subject to hydrolysis) is 1. The number of benzene rings is 2. The van der Waals surface area contributed by atoms with E-state index in [2.05, 4.69) is 30.9 Å². The molecule has 18 heteroatoms. The fourth-order valence-corrected chi connectivity index (χ4v) is 7.81. The van der Waals surface area contributed by atoms with Crippen molar-refractivity contribution in [2.45, 2.75) is 71.4 Å². The van der Waals surface area contributed by atoms with Crippen LogP contribution < -0.4 is 20.9 Å². The van der Waals surface area contributed by atoms with Crippen LogP contribution in [0.25, 0.3) is 22.4 Å². The van der Waals surface area contributed by atoms with E-state index in [1.54, 1.807) is 41.2 Å². The summed E-state index contributed by atoms with van der Waals surface area (Å²) in [5.74, 6) is -1.20. The minimum Gasteiger partial charge on any atom is -0.453 e. The molecule has 0 spiro atoms. The average Bonchev–Trinajstić information content (AvgIpc) is 3.87. The summed E-state index contributed by atoms with van der Waals surface area (Å²) in [5, 5.41) is 7.53. The van der Waals surface area contributed by atoms with Crippen molar-refractivity contribution in [3.8, 4) is 22.4 Å². The standard InChI is InChI=1S/C42H49F4N9O5/c1-22(2)36(52-41(59)60-7)39(57)55-19-23(3)14-34(55)37-49-18-33(50-37)27-10-8-26(9-11-27)29-15-31(43)32(16-30(29)42(44,45)46)51-38(56)28-12-13-35(48-17-28)53-20-25(5)54(21-24(53)4)40(58)47-6/h8-13,15-18,22-25,34,36H,14,19-21H2,1-7H3,(H,47,58)(H,49,50)(H,51,56)(H,52,59). The summed E-state index contributed by atoms with van der Waals surface area (Å²) in [4.78, 5) is 68.6. The van der Waals surface area contributed by atoms with Gasteiger partial charge in [0.2, 0.25) is 5.91 Å². The number of H-pyrrole nitrogens is 1. The van der Waals surface area contributed by atoms with Crippen molar-refractivity contribution < 1.29 is 41.5 Å². The molecule has 6 rings (SSSR count). The third kappa shape index (κ3) is 9.16. The van der Waals surface area contributed by atoms with Crippen molar-refractivity contribution >= 4 is 35.4 Å². The van der Waals surface area contributed by atoms with Gasteiger partial charge in [0.05, 0.1) is 41.9 Å². The zero-order chi connectivity index (χ0) is 43.6. The topological polar surface area (TPSA) is 165 Å². The van der Waals surface area contributed by atoms with Crippen LogP contribution in [0.4, 0.5) is 38.7 Å². The van der Waals surface area contributed by atoms with Crippen LogP contribution >= 0.6 is 0 Å². The van der Waals surface area contributed by atoms with E-state index in [1.807, 2.05) is 39.5 Å². The summed E-state index contributed by atoms with van der Waals surface area (Å²) in [6.07, 6.45) is -2.16. The lowest BCUT2D eigenvalue weighted by Crippen LogP contribution is -2.60. The Labute approximate surface area is 345 Å². The third-order valence-corrected chi connectivity index (χ3v) is 11.0. The first-order chi connectivity index (χ1) is 28.4. The zero-order valence-corrected chi connectivity index (χ0v) is 34.4. The first kappa shape index (κ1) is 43.4. The third-order valence-electron chi connectivity index (χ3n) is 11.0. The van der Waals surface area contributed by atoms with Gasteiger partial charge in [0.1, 0.15) is 23.5 Å². The van der Waals surface area contributed by atoms with Gasteiger partial charge in [-0.1, -0.05) is 45.0 Å². The molecule has 0 radical (unpaired) electrons.